The number of rotatable bonds is 9. The lowest BCUT2D eigenvalue weighted by Crippen LogP contribution is -2.35. The number of nitrogens with one attached hydrogen (secondary N) is 1. The van der Waals surface area contributed by atoms with Crippen LogP contribution < -0.4 is 14.8 Å². The Balaban J connectivity index is 1.44. The Morgan fingerprint density at radius 3 is 2.68 bits per heavy atom. The standard InChI is InChI=1S/C26H36N2O3/c1-19-7-8-22(14-20(19)2)18-28-13-5-6-21(17-28)9-12-26(29)27-16-23-10-11-24(30-3)15-25(23)31-4/h7-8,10-11,14-15,21H,5-6,9,12-13,16-18H2,1-4H3,(H,27,29)/t21-/m0/s1. The zero-order chi connectivity index (χ0) is 22.2. The first-order valence-electron chi connectivity index (χ1n) is 11.2. The fourth-order valence-corrected chi connectivity index (χ4v) is 4.31. The maximum absolute atomic E-state index is 12.4. The molecule has 0 aliphatic carbocycles. The first kappa shape index (κ1) is 23.1. The number of carbonyl (C=O) groups is 1. The second-order valence-corrected chi connectivity index (χ2v) is 8.66. The highest BCUT2D eigenvalue weighted by Crippen LogP contribution is 2.25. The van der Waals surface area contributed by atoms with Crippen LogP contribution in [0.15, 0.2) is 36.4 Å². The molecule has 2 aromatic rings. The van der Waals surface area contributed by atoms with E-state index < -0.39 is 0 Å². The van der Waals surface area contributed by atoms with Crippen LogP contribution in [0.4, 0.5) is 0 Å². The summed E-state index contributed by atoms with van der Waals surface area (Å²) in [6.07, 6.45) is 3.93. The second kappa shape index (κ2) is 11.2. The Kier molecular flexibility index (Phi) is 8.35. The molecule has 1 aliphatic heterocycles. The number of carbonyl (C=O) groups excluding carboxylic acids is 1. The van der Waals surface area contributed by atoms with E-state index in [9.17, 15) is 4.79 Å². The normalized spacial score (nSPS) is 16.7. The molecule has 1 aliphatic rings. The Labute approximate surface area is 186 Å². The van der Waals surface area contributed by atoms with Gasteiger partial charge in [0.05, 0.1) is 14.2 Å². The molecule has 0 saturated carbocycles. The van der Waals surface area contributed by atoms with E-state index in [1.807, 2.05) is 18.2 Å². The van der Waals surface area contributed by atoms with Crippen LogP contribution in [0, 0.1) is 19.8 Å². The van der Waals surface area contributed by atoms with Gasteiger partial charge in [0.15, 0.2) is 0 Å². The van der Waals surface area contributed by atoms with Crippen LogP contribution >= 0.6 is 0 Å². The maximum Gasteiger partial charge on any atom is 0.220 e. The molecule has 0 bridgehead atoms. The first-order chi connectivity index (χ1) is 15.0. The molecule has 1 fully saturated rings. The lowest BCUT2D eigenvalue weighted by Gasteiger charge is -2.32. The van der Waals surface area contributed by atoms with Gasteiger partial charge in [-0.25, -0.2) is 0 Å². The van der Waals surface area contributed by atoms with Gasteiger partial charge in [0, 0.05) is 37.7 Å². The van der Waals surface area contributed by atoms with Crippen LogP contribution in [0.2, 0.25) is 0 Å². The van der Waals surface area contributed by atoms with Crippen molar-refractivity contribution in [3.63, 3.8) is 0 Å². The van der Waals surface area contributed by atoms with Gasteiger partial charge < -0.3 is 14.8 Å². The van der Waals surface area contributed by atoms with E-state index in [1.54, 1.807) is 14.2 Å². The van der Waals surface area contributed by atoms with E-state index in [0.29, 0.717) is 18.9 Å². The summed E-state index contributed by atoms with van der Waals surface area (Å²) in [5, 5.41) is 3.04. The van der Waals surface area contributed by atoms with Gasteiger partial charge in [-0.1, -0.05) is 18.2 Å². The van der Waals surface area contributed by atoms with E-state index >= 15 is 0 Å². The van der Waals surface area contributed by atoms with E-state index in [1.165, 1.54) is 29.5 Å². The molecule has 2 aromatic carbocycles. The third kappa shape index (κ3) is 6.73. The van der Waals surface area contributed by atoms with Gasteiger partial charge in [-0.3, -0.25) is 9.69 Å². The van der Waals surface area contributed by atoms with Gasteiger partial charge in [0.25, 0.3) is 0 Å². The average Bonchev–Trinajstić information content (AvgIpc) is 2.79. The molecule has 0 aromatic heterocycles. The number of hydrogen-bond donors (Lipinski definition) is 1. The van der Waals surface area contributed by atoms with E-state index in [0.717, 1.165) is 43.1 Å². The Morgan fingerprint density at radius 1 is 1.10 bits per heavy atom. The minimum Gasteiger partial charge on any atom is -0.497 e. The highest BCUT2D eigenvalue weighted by Gasteiger charge is 2.21. The van der Waals surface area contributed by atoms with Gasteiger partial charge in [-0.05, 0) is 74.4 Å². The van der Waals surface area contributed by atoms with Crippen molar-refractivity contribution in [2.45, 2.75) is 52.6 Å². The van der Waals surface area contributed by atoms with Crippen LogP contribution in [0.5, 0.6) is 11.5 Å². The predicted octanol–water partition coefficient (Wildman–Crippen LogP) is 4.63. The number of likely N-dealkylation sites (tertiary alicyclic amines) is 1. The molecule has 1 saturated heterocycles. The van der Waals surface area contributed by atoms with E-state index in [2.05, 4.69) is 42.3 Å². The maximum atomic E-state index is 12.4. The van der Waals surface area contributed by atoms with Crippen LogP contribution in [-0.2, 0) is 17.9 Å². The van der Waals surface area contributed by atoms with Crippen molar-refractivity contribution in [1.29, 1.82) is 0 Å². The molecule has 0 spiro atoms. The van der Waals surface area contributed by atoms with Gasteiger partial charge in [-0.15, -0.1) is 0 Å². The smallest absolute Gasteiger partial charge is 0.220 e. The average molecular weight is 425 g/mol. The number of methoxy groups -OCH3 is 2. The number of ether oxygens (including phenoxy) is 2. The molecule has 1 amide bonds. The number of amides is 1. The molecule has 5 heteroatoms. The molecule has 1 atom stereocenters. The number of piperidine rings is 1. The quantitative estimate of drug-likeness (QED) is 0.638. The number of aryl methyl sites for hydroxylation is 2. The van der Waals surface area contributed by atoms with Crippen LogP contribution in [-0.4, -0.2) is 38.1 Å². The fraction of sp³-hybridized carbons (Fsp3) is 0.500. The van der Waals surface area contributed by atoms with Crippen LogP contribution in [0.3, 0.4) is 0 Å². The van der Waals surface area contributed by atoms with Crippen molar-refractivity contribution >= 4 is 5.91 Å². The monoisotopic (exact) mass is 424 g/mol. The third-order valence-corrected chi connectivity index (χ3v) is 6.33. The van der Waals surface area contributed by atoms with Crippen molar-refractivity contribution in [2.75, 3.05) is 27.3 Å². The lowest BCUT2D eigenvalue weighted by molar-refractivity contribution is -0.121. The van der Waals surface area contributed by atoms with Gasteiger partial charge in [0.1, 0.15) is 11.5 Å². The van der Waals surface area contributed by atoms with Gasteiger partial charge in [-0.2, -0.15) is 0 Å². The summed E-state index contributed by atoms with van der Waals surface area (Å²) in [6.45, 7) is 8.03. The van der Waals surface area contributed by atoms with Crippen molar-refractivity contribution in [3.8, 4) is 11.5 Å². The molecule has 168 valence electrons. The third-order valence-electron chi connectivity index (χ3n) is 6.33. The minimum absolute atomic E-state index is 0.101. The topological polar surface area (TPSA) is 50.8 Å². The molecular weight excluding hydrogens is 388 g/mol. The molecular formula is C26H36N2O3. The largest absolute Gasteiger partial charge is 0.497 e. The fourth-order valence-electron chi connectivity index (χ4n) is 4.31. The van der Waals surface area contributed by atoms with Crippen molar-refractivity contribution < 1.29 is 14.3 Å². The van der Waals surface area contributed by atoms with Crippen LogP contribution in [0.1, 0.15) is 47.9 Å². The summed E-state index contributed by atoms with van der Waals surface area (Å²) in [5.74, 6) is 2.16. The summed E-state index contributed by atoms with van der Waals surface area (Å²) >= 11 is 0. The highest BCUT2D eigenvalue weighted by molar-refractivity contribution is 5.75. The zero-order valence-electron chi connectivity index (χ0n) is 19.4. The first-order valence-corrected chi connectivity index (χ1v) is 11.2. The molecule has 0 unspecified atom stereocenters. The number of nitrogens with zero attached hydrogens (tertiary/aromatic N) is 1. The Bertz CT molecular complexity index is 881. The Morgan fingerprint density at radius 2 is 1.94 bits per heavy atom. The van der Waals surface area contributed by atoms with Crippen molar-refractivity contribution in [1.82, 2.24) is 10.2 Å². The molecule has 5 nitrogen and oxygen atoms in total. The number of hydrogen-bond acceptors (Lipinski definition) is 4. The van der Waals surface area contributed by atoms with Gasteiger partial charge in [0.2, 0.25) is 5.91 Å². The summed E-state index contributed by atoms with van der Waals surface area (Å²) in [6, 6.07) is 12.4. The van der Waals surface area contributed by atoms with E-state index in [-0.39, 0.29) is 5.91 Å². The van der Waals surface area contributed by atoms with E-state index in [4.69, 9.17) is 9.47 Å². The Hall–Kier alpha value is -2.53. The molecule has 1 heterocycles. The van der Waals surface area contributed by atoms with Gasteiger partial charge >= 0.3 is 0 Å². The summed E-state index contributed by atoms with van der Waals surface area (Å²) in [4.78, 5) is 15.0. The molecule has 31 heavy (non-hydrogen) atoms. The zero-order valence-corrected chi connectivity index (χ0v) is 19.4. The van der Waals surface area contributed by atoms with Crippen LogP contribution in [0.25, 0.3) is 0 Å². The predicted molar refractivity (Wildman–Crippen MR) is 125 cm³/mol. The molecule has 1 N–H and O–H groups in total. The lowest BCUT2D eigenvalue weighted by atomic mass is 9.92. The van der Waals surface area contributed by atoms with Crippen molar-refractivity contribution in [3.05, 3.63) is 58.7 Å². The summed E-state index contributed by atoms with van der Waals surface area (Å²) < 4.78 is 10.6. The van der Waals surface area contributed by atoms with Crippen molar-refractivity contribution in [2.24, 2.45) is 5.92 Å². The molecule has 3 rings (SSSR count). The minimum atomic E-state index is 0.101. The number of benzene rings is 2. The summed E-state index contributed by atoms with van der Waals surface area (Å²) in [5.41, 5.74) is 5.04. The summed E-state index contributed by atoms with van der Waals surface area (Å²) in [7, 11) is 3.26. The highest BCUT2D eigenvalue weighted by atomic mass is 16.5. The molecule has 0 radical (unpaired) electrons. The SMILES string of the molecule is COc1ccc(CNC(=O)CC[C@@H]2CCCN(Cc3ccc(C)c(C)c3)C2)c(OC)c1. The second-order valence-electron chi connectivity index (χ2n) is 8.66.